The summed E-state index contributed by atoms with van der Waals surface area (Å²) >= 11 is 0. The Kier molecular flexibility index (Phi) is 4.47. The third-order valence-corrected chi connectivity index (χ3v) is 2.29. The van der Waals surface area contributed by atoms with E-state index >= 15 is 0 Å². The molecule has 96 valence electrons. The highest BCUT2D eigenvalue weighted by Gasteiger charge is 2.33. The molecule has 0 aliphatic rings. The number of aliphatic hydroxyl groups is 1. The molecule has 1 rings (SSSR count). The topological polar surface area (TPSA) is 32.3 Å². The molecule has 0 heterocycles. The van der Waals surface area contributed by atoms with Gasteiger partial charge in [-0.05, 0) is 24.6 Å². The van der Waals surface area contributed by atoms with E-state index in [0.29, 0.717) is 6.07 Å². The van der Waals surface area contributed by atoms with Crippen LogP contribution in [0.1, 0.15) is 18.1 Å². The van der Waals surface area contributed by atoms with Gasteiger partial charge < -0.3 is 10.4 Å². The van der Waals surface area contributed by atoms with E-state index in [2.05, 4.69) is 5.32 Å². The van der Waals surface area contributed by atoms with Gasteiger partial charge in [-0.2, -0.15) is 13.2 Å². The maximum atomic E-state index is 12.8. The van der Waals surface area contributed by atoms with Crippen LogP contribution in [0.2, 0.25) is 0 Å². The minimum Gasteiger partial charge on any atom is -0.395 e. The fourth-order valence-electron chi connectivity index (χ4n) is 1.32. The molecule has 2 N–H and O–H groups in total. The second-order valence-corrected chi connectivity index (χ2v) is 3.76. The lowest BCUT2D eigenvalue weighted by molar-refractivity contribution is -0.138. The van der Waals surface area contributed by atoms with Gasteiger partial charge in [-0.3, -0.25) is 0 Å². The zero-order valence-electron chi connectivity index (χ0n) is 9.18. The Morgan fingerprint density at radius 1 is 1.35 bits per heavy atom. The highest BCUT2D eigenvalue weighted by Crippen LogP contribution is 2.32. The van der Waals surface area contributed by atoms with E-state index in [1.54, 1.807) is 6.92 Å². The van der Waals surface area contributed by atoms with Crippen LogP contribution in [0.3, 0.4) is 0 Å². The first-order valence-corrected chi connectivity index (χ1v) is 5.04. The van der Waals surface area contributed by atoms with Crippen LogP contribution in [0, 0.1) is 5.82 Å². The van der Waals surface area contributed by atoms with Gasteiger partial charge in [0.05, 0.1) is 12.2 Å². The van der Waals surface area contributed by atoms with Gasteiger partial charge in [-0.25, -0.2) is 4.39 Å². The molecule has 1 aromatic rings. The lowest BCUT2D eigenvalue weighted by Gasteiger charge is -2.15. The van der Waals surface area contributed by atoms with Crippen molar-refractivity contribution in [3.8, 4) is 0 Å². The van der Waals surface area contributed by atoms with Gasteiger partial charge in [0.25, 0.3) is 0 Å². The van der Waals surface area contributed by atoms with Gasteiger partial charge in [0, 0.05) is 12.6 Å². The summed E-state index contributed by atoms with van der Waals surface area (Å²) in [5, 5.41) is 11.4. The van der Waals surface area contributed by atoms with Crippen LogP contribution in [0.5, 0.6) is 0 Å². The second kappa shape index (κ2) is 5.46. The van der Waals surface area contributed by atoms with Crippen LogP contribution in [0.25, 0.3) is 0 Å². The molecular formula is C11H13F4NO. The minimum atomic E-state index is -4.58. The van der Waals surface area contributed by atoms with E-state index in [4.69, 9.17) is 5.11 Å². The number of halogens is 4. The van der Waals surface area contributed by atoms with Gasteiger partial charge in [0.2, 0.25) is 0 Å². The minimum absolute atomic E-state index is 0.0424. The smallest absolute Gasteiger partial charge is 0.395 e. The van der Waals surface area contributed by atoms with E-state index in [0.717, 1.165) is 12.1 Å². The summed E-state index contributed by atoms with van der Waals surface area (Å²) in [5.74, 6) is -0.920. The number of hydrogen-bond acceptors (Lipinski definition) is 2. The molecule has 0 amide bonds. The van der Waals surface area contributed by atoms with Crippen molar-refractivity contribution in [2.75, 3.05) is 6.61 Å². The average molecular weight is 251 g/mol. The van der Waals surface area contributed by atoms with Crippen molar-refractivity contribution in [3.05, 3.63) is 35.1 Å². The number of aliphatic hydroxyl groups excluding tert-OH is 1. The van der Waals surface area contributed by atoms with Gasteiger partial charge in [-0.15, -0.1) is 0 Å². The molecule has 0 aliphatic heterocycles. The Hall–Kier alpha value is -1.14. The molecule has 0 aliphatic carbocycles. The van der Waals surface area contributed by atoms with E-state index in [9.17, 15) is 17.6 Å². The fraction of sp³-hybridized carbons (Fsp3) is 0.455. The molecule has 2 nitrogen and oxygen atoms in total. The normalized spacial score (nSPS) is 13.8. The van der Waals surface area contributed by atoms with Crippen LogP contribution in [0.15, 0.2) is 18.2 Å². The van der Waals surface area contributed by atoms with Crippen molar-refractivity contribution in [3.63, 3.8) is 0 Å². The molecule has 1 atom stereocenters. The Bertz CT molecular complexity index is 378. The molecule has 17 heavy (non-hydrogen) atoms. The summed E-state index contributed by atoms with van der Waals surface area (Å²) in [5.41, 5.74) is -1.03. The van der Waals surface area contributed by atoms with Gasteiger partial charge in [0.15, 0.2) is 0 Å². The quantitative estimate of drug-likeness (QED) is 0.805. The molecule has 0 saturated carbocycles. The molecular weight excluding hydrogens is 238 g/mol. The Labute approximate surface area is 96.3 Å². The number of rotatable bonds is 4. The van der Waals surface area contributed by atoms with Gasteiger partial charge >= 0.3 is 6.18 Å². The van der Waals surface area contributed by atoms with Crippen molar-refractivity contribution in [1.82, 2.24) is 5.32 Å². The summed E-state index contributed by atoms with van der Waals surface area (Å²) in [6.45, 7) is 1.39. The largest absolute Gasteiger partial charge is 0.416 e. The van der Waals surface area contributed by atoms with Crippen molar-refractivity contribution < 1.29 is 22.7 Å². The highest BCUT2D eigenvalue weighted by atomic mass is 19.4. The SMILES string of the molecule is C[C@H](CO)NCc1ccc(F)cc1C(F)(F)F. The molecule has 0 spiro atoms. The first-order chi connectivity index (χ1) is 7.84. The number of nitrogens with one attached hydrogen (secondary N) is 1. The Balaban J connectivity index is 2.91. The predicted octanol–water partition coefficient (Wildman–Crippen LogP) is 2.31. The average Bonchev–Trinajstić information content (AvgIpc) is 2.25. The summed E-state index contributed by atoms with van der Waals surface area (Å²) in [4.78, 5) is 0. The third-order valence-electron chi connectivity index (χ3n) is 2.29. The molecule has 0 saturated heterocycles. The predicted molar refractivity (Wildman–Crippen MR) is 54.8 cm³/mol. The molecule has 1 aromatic carbocycles. The fourth-order valence-corrected chi connectivity index (χ4v) is 1.32. The Morgan fingerprint density at radius 2 is 2.00 bits per heavy atom. The number of alkyl halides is 3. The standard InChI is InChI=1S/C11H13F4NO/c1-7(6-17)16-5-8-2-3-9(12)4-10(8)11(13,14)15/h2-4,7,16-17H,5-6H2,1H3/t7-/m1/s1. The maximum absolute atomic E-state index is 12.8. The summed E-state index contributed by atoms with van der Waals surface area (Å²) in [6.07, 6.45) is -4.58. The van der Waals surface area contributed by atoms with Crippen LogP contribution < -0.4 is 5.32 Å². The van der Waals surface area contributed by atoms with Crippen LogP contribution >= 0.6 is 0 Å². The highest BCUT2D eigenvalue weighted by molar-refractivity contribution is 5.30. The number of hydrogen-bond donors (Lipinski definition) is 2. The summed E-state index contributed by atoms with van der Waals surface area (Å²) in [7, 11) is 0. The Morgan fingerprint density at radius 3 is 2.53 bits per heavy atom. The lowest BCUT2D eigenvalue weighted by atomic mass is 10.1. The molecule has 6 heteroatoms. The van der Waals surface area contributed by atoms with Crippen molar-refractivity contribution in [2.45, 2.75) is 25.7 Å². The number of benzene rings is 1. The molecule has 0 unspecified atom stereocenters. The van der Waals surface area contributed by atoms with Crippen LogP contribution in [0.4, 0.5) is 17.6 Å². The molecule has 0 bridgehead atoms. The van der Waals surface area contributed by atoms with E-state index in [1.807, 2.05) is 0 Å². The van der Waals surface area contributed by atoms with Crippen LogP contribution in [-0.4, -0.2) is 17.8 Å². The van der Waals surface area contributed by atoms with Crippen LogP contribution in [-0.2, 0) is 12.7 Å². The maximum Gasteiger partial charge on any atom is 0.416 e. The van der Waals surface area contributed by atoms with E-state index < -0.39 is 17.6 Å². The zero-order valence-corrected chi connectivity index (χ0v) is 9.18. The zero-order chi connectivity index (χ0) is 13.1. The lowest BCUT2D eigenvalue weighted by Crippen LogP contribution is -2.29. The molecule has 0 aromatic heterocycles. The summed E-state index contributed by atoms with van der Waals surface area (Å²) in [6, 6.07) is 2.23. The van der Waals surface area contributed by atoms with Crippen molar-refractivity contribution >= 4 is 0 Å². The van der Waals surface area contributed by atoms with Gasteiger partial charge in [-0.1, -0.05) is 6.07 Å². The van der Waals surface area contributed by atoms with Gasteiger partial charge in [0.1, 0.15) is 5.82 Å². The molecule has 0 radical (unpaired) electrons. The first-order valence-electron chi connectivity index (χ1n) is 5.04. The van der Waals surface area contributed by atoms with E-state index in [1.165, 1.54) is 0 Å². The molecule has 0 fully saturated rings. The first kappa shape index (κ1) is 13.9. The monoisotopic (exact) mass is 251 g/mol. The third kappa shape index (κ3) is 3.98. The van der Waals surface area contributed by atoms with Crippen molar-refractivity contribution in [2.24, 2.45) is 0 Å². The van der Waals surface area contributed by atoms with E-state index in [-0.39, 0.29) is 24.8 Å². The second-order valence-electron chi connectivity index (χ2n) is 3.76. The van der Waals surface area contributed by atoms with Crippen molar-refractivity contribution in [1.29, 1.82) is 0 Å². The summed E-state index contributed by atoms with van der Waals surface area (Å²) < 4.78 is 50.6.